The van der Waals surface area contributed by atoms with E-state index in [9.17, 15) is 9.59 Å². The number of hydrogen-bond donors (Lipinski definition) is 1. The number of carbonyl (C=O) groups is 2. The van der Waals surface area contributed by atoms with Gasteiger partial charge in [0.2, 0.25) is 11.7 Å². The Hall–Kier alpha value is -1.82. The van der Waals surface area contributed by atoms with Crippen molar-refractivity contribution in [3.05, 3.63) is 23.7 Å². The van der Waals surface area contributed by atoms with Crippen molar-refractivity contribution in [2.24, 2.45) is 0 Å². The Bertz CT molecular complexity index is 442. The number of methoxy groups -OCH3 is 1. The van der Waals surface area contributed by atoms with Gasteiger partial charge < -0.3 is 14.5 Å². The molecule has 6 nitrogen and oxygen atoms in total. The molecule has 1 unspecified atom stereocenters. The zero-order valence-corrected chi connectivity index (χ0v) is 11.7. The lowest BCUT2D eigenvalue weighted by Crippen LogP contribution is -2.36. The van der Waals surface area contributed by atoms with Crippen LogP contribution in [0.1, 0.15) is 36.2 Å². The fourth-order valence-electron chi connectivity index (χ4n) is 1.62. The highest BCUT2D eigenvalue weighted by molar-refractivity contribution is 5.86. The van der Waals surface area contributed by atoms with Crippen LogP contribution in [-0.4, -0.2) is 44.0 Å². The number of hydrogen-bond acceptors (Lipinski definition) is 5. The Balaban J connectivity index is 2.66. The first kappa shape index (κ1) is 15.2. The topological polar surface area (TPSA) is 71.8 Å². The summed E-state index contributed by atoms with van der Waals surface area (Å²) in [5, 5.41) is 2.73. The fourth-order valence-corrected chi connectivity index (χ4v) is 1.62. The number of carbonyl (C=O) groups excluding carboxylic acids is 2. The van der Waals surface area contributed by atoms with Gasteiger partial charge in [-0.2, -0.15) is 0 Å². The highest BCUT2D eigenvalue weighted by Crippen LogP contribution is 2.21. The number of esters is 1. The van der Waals surface area contributed by atoms with Crippen molar-refractivity contribution in [3.8, 4) is 0 Å². The van der Waals surface area contributed by atoms with E-state index in [-0.39, 0.29) is 24.3 Å². The van der Waals surface area contributed by atoms with E-state index >= 15 is 0 Å². The molecule has 0 bridgehead atoms. The zero-order chi connectivity index (χ0) is 14.4. The predicted molar refractivity (Wildman–Crippen MR) is 69.8 cm³/mol. The molecule has 1 aromatic heterocycles. The van der Waals surface area contributed by atoms with Crippen LogP contribution in [0.25, 0.3) is 0 Å². The van der Waals surface area contributed by atoms with Gasteiger partial charge in [0, 0.05) is 6.54 Å². The van der Waals surface area contributed by atoms with E-state index in [2.05, 4.69) is 10.1 Å². The van der Waals surface area contributed by atoms with E-state index in [1.165, 1.54) is 7.11 Å². The molecule has 0 saturated heterocycles. The van der Waals surface area contributed by atoms with Gasteiger partial charge in [-0.05, 0) is 33.0 Å². The number of rotatable bonds is 6. The molecular formula is C13H20N2O4. The molecular weight excluding hydrogens is 248 g/mol. The summed E-state index contributed by atoms with van der Waals surface area (Å²) in [6, 6.07) is 3.17. The molecule has 0 spiro atoms. The molecule has 0 saturated carbocycles. The molecule has 1 rings (SSSR count). The molecule has 1 amide bonds. The first-order chi connectivity index (χ1) is 8.99. The minimum absolute atomic E-state index is 0.0448. The Morgan fingerprint density at radius 2 is 2.16 bits per heavy atom. The quantitative estimate of drug-likeness (QED) is 0.785. The second-order valence-electron chi connectivity index (χ2n) is 4.24. The molecule has 0 fully saturated rings. The number of likely N-dealkylation sites (N-methyl/N-ethyl adjacent to an activating group) is 2. The Morgan fingerprint density at radius 3 is 2.74 bits per heavy atom. The maximum absolute atomic E-state index is 11.5. The van der Waals surface area contributed by atoms with Gasteiger partial charge in [0.05, 0.1) is 19.7 Å². The van der Waals surface area contributed by atoms with Crippen molar-refractivity contribution in [1.29, 1.82) is 0 Å². The summed E-state index contributed by atoms with van der Waals surface area (Å²) in [7, 11) is 3.12. The van der Waals surface area contributed by atoms with Crippen LogP contribution in [0.15, 0.2) is 16.5 Å². The normalized spacial score (nSPS) is 12.3. The van der Waals surface area contributed by atoms with Crippen molar-refractivity contribution < 1.29 is 18.7 Å². The summed E-state index contributed by atoms with van der Waals surface area (Å²) in [5.41, 5.74) is 0. The van der Waals surface area contributed by atoms with E-state index in [0.29, 0.717) is 12.3 Å². The van der Waals surface area contributed by atoms with Crippen LogP contribution in [0.3, 0.4) is 0 Å². The monoisotopic (exact) mass is 268 g/mol. The molecule has 0 aliphatic heterocycles. The molecule has 1 N–H and O–H groups in total. The van der Waals surface area contributed by atoms with Crippen LogP contribution in [0.5, 0.6) is 0 Å². The van der Waals surface area contributed by atoms with Crippen LogP contribution >= 0.6 is 0 Å². The second kappa shape index (κ2) is 6.94. The number of amides is 1. The highest BCUT2D eigenvalue weighted by atomic mass is 16.5. The van der Waals surface area contributed by atoms with Crippen LogP contribution < -0.4 is 5.32 Å². The average Bonchev–Trinajstić information content (AvgIpc) is 2.86. The average molecular weight is 268 g/mol. The van der Waals surface area contributed by atoms with Gasteiger partial charge in [-0.25, -0.2) is 4.79 Å². The minimum Gasteiger partial charge on any atom is -0.463 e. The molecule has 19 heavy (non-hydrogen) atoms. The molecule has 1 heterocycles. The summed E-state index contributed by atoms with van der Waals surface area (Å²) >= 11 is 0. The lowest BCUT2D eigenvalue weighted by Gasteiger charge is -2.22. The van der Waals surface area contributed by atoms with Gasteiger partial charge in [-0.3, -0.25) is 9.69 Å². The summed E-state index contributed by atoms with van der Waals surface area (Å²) in [6.45, 7) is 4.65. The molecule has 0 aromatic carbocycles. The van der Waals surface area contributed by atoms with Crippen molar-refractivity contribution in [1.82, 2.24) is 10.2 Å². The summed E-state index contributed by atoms with van der Waals surface area (Å²) < 4.78 is 9.99. The third-order valence-corrected chi connectivity index (χ3v) is 2.85. The van der Waals surface area contributed by atoms with E-state index in [1.807, 2.05) is 25.8 Å². The smallest absolute Gasteiger partial charge is 0.373 e. The van der Waals surface area contributed by atoms with Crippen molar-refractivity contribution in [3.63, 3.8) is 0 Å². The highest BCUT2D eigenvalue weighted by Gasteiger charge is 2.19. The summed E-state index contributed by atoms with van der Waals surface area (Å²) in [4.78, 5) is 24.6. The lowest BCUT2D eigenvalue weighted by molar-refractivity contribution is -0.122. The van der Waals surface area contributed by atoms with E-state index in [0.717, 1.165) is 0 Å². The number of nitrogens with zero attached hydrogens (tertiary/aromatic N) is 1. The van der Waals surface area contributed by atoms with Crippen LogP contribution in [0, 0.1) is 0 Å². The van der Waals surface area contributed by atoms with Gasteiger partial charge in [-0.15, -0.1) is 0 Å². The zero-order valence-electron chi connectivity index (χ0n) is 11.7. The SMILES string of the molecule is CCNC(=O)CN(C)C(C)c1ccc(C(=O)OC)o1. The van der Waals surface area contributed by atoms with E-state index in [4.69, 9.17) is 4.42 Å². The Labute approximate surface area is 112 Å². The minimum atomic E-state index is -0.509. The van der Waals surface area contributed by atoms with Gasteiger partial charge in [0.25, 0.3) is 0 Å². The maximum atomic E-state index is 11.5. The maximum Gasteiger partial charge on any atom is 0.373 e. The predicted octanol–water partition coefficient (Wildman–Crippen LogP) is 1.20. The largest absolute Gasteiger partial charge is 0.463 e. The standard InChI is InChI=1S/C13H20N2O4/c1-5-14-12(16)8-15(3)9(2)10-6-7-11(19-10)13(17)18-4/h6-7,9H,5,8H2,1-4H3,(H,14,16). The van der Waals surface area contributed by atoms with E-state index in [1.54, 1.807) is 12.1 Å². The molecule has 0 aliphatic rings. The Kier molecular flexibility index (Phi) is 5.57. The third kappa shape index (κ3) is 4.10. The van der Waals surface area contributed by atoms with Crippen molar-refractivity contribution in [2.75, 3.05) is 27.2 Å². The van der Waals surface area contributed by atoms with Crippen LogP contribution in [0.2, 0.25) is 0 Å². The van der Waals surface area contributed by atoms with Crippen LogP contribution in [0.4, 0.5) is 0 Å². The molecule has 1 aromatic rings. The summed E-state index contributed by atoms with van der Waals surface area (Å²) in [6.07, 6.45) is 0. The van der Waals surface area contributed by atoms with Gasteiger partial charge >= 0.3 is 5.97 Å². The number of ether oxygens (including phenoxy) is 1. The van der Waals surface area contributed by atoms with Crippen molar-refractivity contribution in [2.45, 2.75) is 19.9 Å². The molecule has 1 atom stereocenters. The molecule has 106 valence electrons. The van der Waals surface area contributed by atoms with Gasteiger partial charge in [-0.1, -0.05) is 0 Å². The third-order valence-electron chi connectivity index (χ3n) is 2.85. The Morgan fingerprint density at radius 1 is 1.47 bits per heavy atom. The number of furan rings is 1. The van der Waals surface area contributed by atoms with Gasteiger partial charge in [0.1, 0.15) is 5.76 Å². The van der Waals surface area contributed by atoms with Gasteiger partial charge in [0.15, 0.2) is 0 Å². The first-order valence-electron chi connectivity index (χ1n) is 6.14. The molecule has 0 radical (unpaired) electrons. The van der Waals surface area contributed by atoms with E-state index < -0.39 is 5.97 Å². The molecule has 6 heteroatoms. The fraction of sp³-hybridized carbons (Fsp3) is 0.538. The second-order valence-corrected chi connectivity index (χ2v) is 4.24. The van der Waals surface area contributed by atoms with Crippen LogP contribution in [-0.2, 0) is 9.53 Å². The summed E-state index contributed by atoms with van der Waals surface area (Å²) in [5.74, 6) is 0.226. The lowest BCUT2D eigenvalue weighted by atomic mass is 10.2. The molecule has 0 aliphatic carbocycles. The number of nitrogens with one attached hydrogen (secondary N) is 1. The van der Waals surface area contributed by atoms with Crippen molar-refractivity contribution >= 4 is 11.9 Å². The first-order valence-corrected chi connectivity index (χ1v) is 6.14.